The highest BCUT2D eigenvalue weighted by atomic mass is 16.1. The van der Waals surface area contributed by atoms with Gasteiger partial charge in [0, 0.05) is 0 Å². The van der Waals surface area contributed by atoms with Crippen molar-refractivity contribution in [1.82, 2.24) is 0 Å². The summed E-state index contributed by atoms with van der Waals surface area (Å²) in [5.74, 6) is 0.0714. The molecule has 0 amide bonds. The van der Waals surface area contributed by atoms with Gasteiger partial charge in [-0.15, -0.1) is 0 Å². The normalized spacial score (nSPS) is 16.3. The second-order valence-electron chi connectivity index (χ2n) is 4.64. The Balaban J connectivity index is 2.24. The number of rotatable bonds is 0. The molecule has 0 saturated carbocycles. The molecule has 0 N–H and O–H groups in total. The third-order valence-electron chi connectivity index (χ3n) is 3.58. The molecule has 4 rings (SSSR count). The Morgan fingerprint density at radius 2 is 1.72 bits per heavy atom. The third-order valence-corrected chi connectivity index (χ3v) is 3.58. The molecule has 0 saturated heterocycles. The molecule has 84 valence electrons. The summed E-state index contributed by atoms with van der Waals surface area (Å²) in [6, 6.07) is 12.6. The van der Waals surface area contributed by atoms with Crippen LogP contribution in [0.1, 0.15) is 0 Å². The maximum Gasteiger partial charge on any atom is 0.179 e. The Bertz CT molecular complexity index is 879. The van der Waals surface area contributed by atoms with Crippen molar-refractivity contribution in [2.75, 3.05) is 0 Å². The smallest absolute Gasteiger partial charge is 0.179 e. The zero-order valence-corrected chi connectivity index (χ0v) is 9.68. The zero-order chi connectivity index (χ0) is 12.1. The average molecular weight is 230 g/mol. The fraction of sp³-hybridized carbons (Fsp3) is 0. The Kier molecular flexibility index (Phi) is 1.76. The van der Waals surface area contributed by atoms with E-state index < -0.39 is 0 Å². The van der Waals surface area contributed by atoms with Crippen molar-refractivity contribution in [3.05, 3.63) is 70.6 Å². The van der Waals surface area contributed by atoms with Gasteiger partial charge in [0.1, 0.15) is 0 Å². The lowest BCUT2D eigenvalue weighted by Gasteiger charge is -2.02. The molecule has 18 heavy (non-hydrogen) atoms. The van der Waals surface area contributed by atoms with E-state index in [2.05, 4.69) is 36.4 Å². The van der Waals surface area contributed by atoms with Gasteiger partial charge in [-0.25, -0.2) is 0 Å². The summed E-state index contributed by atoms with van der Waals surface area (Å²) in [4.78, 5) is 11.4. The first-order valence-electron chi connectivity index (χ1n) is 6.01. The molecule has 2 aliphatic rings. The van der Waals surface area contributed by atoms with Crippen LogP contribution >= 0.6 is 0 Å². The predicted molar refractivity (Wildman–Crippen MR) is 73.3 cm³/mol. The average Bonchev–Trinajstić information content (AvgIpc) is 2.76. The highest BCUT2D eigenvalue weighted by Crippen LogP contribution is 2.21. The van der Waals surface area contributed by atoms with Crippen LogP contribution < -0.4 is 10.4 Å². The molecule has 2 aromatic carbocycles. The molecule has 1 nitrogen and oxygen atoms in total. The molecule has 1 heteroatoms. The number of ketones is 1. The zero-order valence-electron chi connectivity index (χ0n) is 9.68. The molecule has 0 radical (unpaired) electrons. The van der Waals surface area contributed by atoms with Gasteiger partial charge in [-0.1, -0.05) is 36.4 Å². The summed E-state index contributed by atoms with van der Waals surface area (Å²) in [5.41, 5.74) is 2.20. The fourth-order valence-corrected chi connectivity index (χ4v) is 2.75. The van der Waals surface area contributed by atoms with Gasteiger partial charge in [-0.3, -0.25) is 4.79 Å². The van der Waals surface area contributed by atoms with Crippen LogP contribution in [-0.4, -0.2) is 5.78 Å². The van der Waals surface area contributed by atoms with Crippen LogP contribution in [0.25, 0.3) is 22.4 Å². The first-order valence-corrected chi connectivity index (χ1v) is 6.01. The maximum atomic E-state index is 11.4. The van der Waals surface area contributed by atoms with Crippen molar-refractivity contribution >= 4 is 28.2 Å². The van der Waals surface area contributed by atoms with Crippen molar-refractivity contribution in [1.29, 1.82) is 0 Å². The molecule has 0 fully saturated rings. The van der Waals surface area contributed by atoms with Crippen molar-refractivity contribution in [3.8, 4) is 0 Å². The molecule has 0 heterocycles. The van der Waals surface area contributed by atoms with Crippen molar-refractivity contribution in [2.24, 2.45) is 0 Å². The third kappa shape index (κ3) is 1.19. The van der Waals surface area contributed by atoms with E-state index in [1.807, 2.05) is 12.1 Å². The minimum Gasteiger partial charge on any atom is -0.290 e. The van der Waals surface area contributed by atoms with Gasteiger partial charge in [0.25, 0.3) is 0 Å². The number of hydrogen-bond acceptors (Lipinski definition) is 1. The van der Waals surface area contributed by atoms with E-state index >= 15 is 0 Å². The molecule has 0 aromatic heterocycles. The first-order chi connectivity index (χ1) is 8.83. The van der Waals surface area contributed by atoms with E-state index in [0.717, 1.165) is 11.1 Å². The Hall–Kier alpha value is -2.41. The Morgan fingerprint density at radius 1 is 0.833 bits per heavy atom. The lowest BCUT2D eigenvalue weighted by molar-refractivity contribution is -0.110. The number of benzene rings is 2. The summed E-state index contributed by atoms with van der Waals surface area (Å²) in [6.45, 7) is 0. The number of fused-ring (bicyclic) bond motifs is 4. The minimum absolute atomic E-state index is 0.0714. The number of hydrogen-bond donors (Lipinski definition) is 0. The molecule has 0 aliphatic heterocycles. The highest BCUT2D eigenvalue weighted by molar-refractivity contribution is 6.10. The summed E-state index contributed by atoms with van der Waals surface area (Å²) < 4.78 is 0. The van der Waals surface area contributed by atoms with Crippen LogP contribution in [0.2, 0.25) is 0 Å². The number of carbonyl (C=O) groups is 1. The molecule has 2 aliphatic carbocycles. The van der Waals surface area contributed by atoms with E-state index in [-0.39, 0.29) is 5.78 Å². The van der Waals surface area contributed by atoms with Crippen LogP contribution in [0.4, 0.5) is 0 Å². The monoisotopic (exact) mass is 230 g/mol. The molecular formula is C17H10O. The van der Waals surface area contributed by atoms with Gasteiger partial charge in [0.2, 0.25) is 0 Å². The summed E-state index contributed by atoms with van der Waals surface area (Å²) in [5, 5.41) is 4.94. The quantitative estimate of drug-likeness (QED) is 0.675. The molecule has 0 atom stereocenters. The highest BCUT2D eigenvalue weighted by Gasteiger charge is 2.14. The predicted octanol–water partition coefficient (Wildman–Crippen LogP) is 1.85. The Labute approximate surface area is 104 Å². The van der Waals surface area contributed by atoms with Crippen molar-refractivity contribution in [2.45, 2.75) is 0 Å². The SMILES string of the molecule is O=C1C=CC2=c3ccc4ccccc4c3=CC2=C1. The van der Waals surface area contributed by atoms with Gasteiger partial charge in [0.15, 0.2) is 5.78 Å². The van der Waals surface area contributed by atoms with E-state index in [1.54, 1.807) is 12.2 Å². The molecule has 0 unspecified atom stereocenters. The topological polar surface area (TPSA) is 17.1 Å². The van der Waals surface area contributed by atoms with Crippen LogP contribution in [0.15, 0.2) is 60.2 Å². The maximum absolute atomic E-state index is 11.4. The second kappa shape index (κ2) is 3.30. The van der Waals surface area contributed by atoms with Gasteiger partial charge >= 0.3 is 0 Å². The van der Waals surface area contributed by atoms with E-state index in [9.17, 15) is 4.79 Å². The first kappa shape index (κ1) is 9.60. The Morgan fingerprint density at radius 3 is 2.67 bits per heavy atom. The van der Waals surface area contributed by atoms with Crippen LogP contribution in [0.5, 0.6) is 0 Å². The molecule has 2 aromatic rings. The van der Waals surface area contributed by atoms with Gasteiger partial charge in [-0.05, 0) is 56.7 Å². The number of carbonyl (C=O) groups excluding carboxylic acids is 1. The summed E-state index contributed by atoms with van der Waals surface area (Å²) in [7, 11) is 0. The van der Waals surface area contributed by atoms with E-state index in [4.69, 9.17) is 0 Å². The summed E-state index contributed by atoms with van der Waals surface area (Å²) >= 11 is 0. The standard InChI is InChI=1S/C17H10O/c18-13-6-8-15-12(9-13)10-17-14-4-2-1-3-11(14)5-7-16(15)17/h1-10H. The molecule has 0 bridgehead atoms. The van der Waals surface area contributed by atoms with E-state index in [1.165, 1.54) is 21.2 Å². The largest absolute Gasteiger partial charge is 0.290 e. The van der Waals surface area contributed by atoms with Gasteiger partial charge in [0.05, 0.1) is 0 Å². The molecule has 0 spiro atoms. The van der Waals surface area contributed by atoms with Gasteiger partial charge < -0.3 is 0 Å². The van der Waals surface area contributed by atoms with Crippen LogP contribution in [0.3, 0.4) is 0 Å². The summed E-state index contributed by atoms with van der Waals surface area (Å²) in [6.07, 6.45) is 7.39. The van der Waals surface area contributed by atoms with Crippen molar-refractivity contribution < 1.29 is 4.79 Å². The van der Waals surface area contributed by atoms with E-state index in [0.29, 0.717) is 0 Å². The van der Waals surface area contributed by atoms with Crippen LogP contribution in [-0.2, 0) is 4.79 Å². The van der Waals surface area contributed by atoms with Crippen LogP contribution in [0, 0.1) is 0 Å². The lowest BCUT2D eigenvalue weighted by atomic mass is 10.0. The van der Waals surface area contributed by atoms with Crippen molar-refractivity contribution in [3.63, 3.8) is 0 Å². The molecular weight excluding hydrogens is 220 g/mol. The minimum atomic E-state index is 0.0714. The number of allylic oxidation sites excluding steroid dienone is 4. The second-order valence-corrected chi connectivity index (χ2v) is 4.64. The fourth-order valence-electron chi connectivity index (χ4n) is 2.75. The lowest BCUT2D eigenvalue weighted by Crippen LogP contribution is -2.23. The van der Waals surface area contributed by atoms with Gasteiger partial charge in [-0.2, -0.15) is 0 Å².